The van der Waals surface area contributed by atoms with Crippen molar-refractivity contribution in [2.45, 2.75) is 11.7 Å². The fourth-order valence-electron chi connectivity index (χ4n) is 3.76. The topological polar surface area (TPSA) is 76.9 Å². The molecule has 3 aliphatic rings. The second-order valence-corrected chi connectivity index (χ2v) is 9.65. The molecule has 9 heteroatoms. The van der Waals surface area contributed by atoms with Crippen molar-refractivity contribution >= 4 is 33.6 Å². The SMILES string of the molecule is CN1CCN(Cc2cn3c(n2)S2(OC(=O)C=CC(=O)O2)C(c2ccccc2)=C3)CC1. The molecule has 5 rings (SSSR count). The van der Waals surface area contributed by atoms with Crippen molar-refractivity contribution in [3.63, 3.8) is 0 Å². The zero-order chi connectivity index (χ0) is 20.7. The van der Waals surface area contributed by atoms with E-state index >= 15 is 0 Å². The molecule has 8 nitrogen and oxygen atoms in total. The molecule has 0 bridgehead atoms. The minimum atomic E-state index is -2.85. The second-order valence-electron chi connectivity index (χ2n) is 7.50. The number of hydrogen-bond donors (Lipinski definition) is 0. The van der Waals surface area contributed by atoms with E-state index in [9.17, 15) is 9.59 Å². The molecule has 156 valence electrons. The first-order valence-corrected chi connectivity index (χ1v) is 11.3. The molecule has 2 aromatic rings. The Kier molecular flexibility index (Phi) is 4.73. The lowest BCUT2D eigenvalue weighted by atomic mass is 10.2. The minimum Gasteiger partial charge on any atom is -0.328 e. The molecule has 1 spiro atoms. The molecule has 0 amide bonds. The molecule has 0 aliphatic carbocycles. The molecule has 0 radical (unpaired) electrons. The van der Waals surface area contributed by atoms with Crippen LogP contribution >= 0.6 is 10.6 Å². The van der Waals surface area contributed by atoms with E-state index in [-0.39, 0.29) is 0 Å². The Morgan fingerprint density at radius 2 is 1.67 bits per heavy atom. The van der Waals surface area contributed by atoms with Crippen LogP contribution in [0.3, 0.4) is 0 Å². The Labute approximate surface area is 176 Å². The molecule has 0 unspecified atom stereocenters. The van der Waals surface area contributed by atoms with Gasteiger partial charge < -0.3 is 13.3 Å². The summed E-state index contributed by atoms with van der Waals surface area (Å²) in [7, 11) is -0.735. The van der Waals surface area contributed by atoms with Gasteiger partial charge in [0.1, 0.15) is 4.91 Å². The molecule has 0 saturated carbocycles. The predicted octanol–water partition coefficient (Wildman–Crippen LogP) is 2.25. The van der Waals surface area contributed by atoms with Gasteiger partial charge in [-0.2, -0.15) is 0 Å². The summed E-state index contributed by atoms with van der Waals surface area (Å²) in [6.45, 7) is 4.66. The molecule has 4 heterocycles. The number of piperazine rings is 1. The van der Waals surface area contributed by atoms with Crippen molar-refractivity contribution < 1.29 is 18.0 Å². The van der Waals surface area contributed by atoms with Crippen LogP contribution in [0.5, 0.6) is 0 Å². The summed E-state index contributed by atoms with van der Waals surface area (Å²) in [5.41, 5.74) is 1.68. The molecule has 1 saturated heterocycles. The normalized spacial score (nSPS) is 22.2. The number of carbonyl (C=O) groups excluding carboxylic acids is 2. The maximum absolute atomic E-state index is 12.3. The van der Waals surface area contributed by atoms with Gasteiger partial charge in [-0.15, -0.1) is 0 Å². The van der Waals surface area contributed by atoms with Gasteiger partial charge in [0.2, 0.25) is 0 Å². The van der Waals surface area contributed by atoms with E-state index in [1.165, 1.54) is 0 Å². The summed E-state index contributed by atoms with van der Waals surface area (Å²) in [5.74, 6) is -1.23. The second kappa shape index (κ2) is 7.42. The summed E-state index contributed by atoms with van der Waals surface area (Å²) in [5, 5.41) is 0.455. The van der Waals surface area contributed by atoms with E-state index in [2.05, 4.69) is 16.8 Å². The van der Waals surface area contributed by atoms with Crippen LogP contribution < -0.4 is 0 Å². The van der Waals surface area contributed by atoms with Crippen LogP contribution in [0.1, 0.15) is 11.3 Å². The number of carbonyl (C=O) groups is 2. The van der Waals surface area contributed by atoms with Crippen molar-refractivity contribution in [2.24, 2.45) is 0 Å². The highest BCUT2D eigenvalue weighted by Gasteiger charge is 2.45. The smallest absolute Gasteiger partial charge is 0.328 e. The molecular formula is C21H22N4O4S. The van der Waals surface area contributed by atoms with Crippen molar-refractivity contribution in [3.05, 3.63) is 59.9 Å². The van der Waals surface area contributed by atoms with Crippen molar-refractivity contribution in [1.82, 2.24) is 19.4 Å². The van der Waals surface area contributed by atoms with E-state index in [1.54, 1.807) is 0 Å². The number of imidazole rings is 1. The molecule has 1 fully saturated rings. The van der Waals surface area contributed by atoms with Gasteiger partial charge in [-0.1, -0.05) is 30.3 Å². The average molecular weight is 426 g/mol. The zero-order valence-electron chi connectivity index (χ0n) is 16.6. The number of fused-ring (bicyclic) bond motifs is 2. The standard InChI is InChI=1S/C21H22N4O4S/c1-23-9-11-24(12-10-23)13-17-14-25-15-18(16-5-3-2-4-6-16)30(21(25)22-17)28-19(26)7-8-20(27)29-30/h2-8,14-15H,9-13H2,1H3. The molecule has 0 atom stereocenters. The van der Waals surface area contributed by atoms with Crippen LogP contribution in [0, 0.1) is 0 Å². The Bertz CT molecular complexity index is 1030. The summed E-state index contributed by atoms with van der Waals surface area (Å²) in [4.78, 5) is 34.7. The lowest BCUT2D eigenvalue weighted by Gasteiger charge is -2.36. The van der Waals surface area contributed by atoms with Gasteiger partial charge in [0, 0.05) is 62.8 Å². The lowest BCUT2D eigenvalue weighted by molar-refractivity contribution is -0.129. The maximum Gasteiger partial charge on any atom is 0.354 e. The van der Waals surface area contributed by atoms with E-state index in [4.69, 9.17) is 13.4 Å². The largest absolute Gasteiger partial charge is 0.354 e. The fourth-order valence-corrected chi connectivity index (χ4v) is 6.21. The van der Waals surface area contributed by atoms with Gasteiger partial charge in [-0.05, 0) is 17.6 Å². The van der Waals surface area contributed by atoms with E-state index < -0.39 is 22.5 Å². The highest BCUT2D eigenvalue weighted by atomic mass is 32.3. The number of hydrogen-bond acceptors (Lipinski definition) is 7. The first-order valence-electron chi connectivity index (χ1n) is 9.78. The van der Waals surface area contributed by atoms with Gasteiger partial charge in [0.05, 0.1) is 5.69 Å². The monoisotopic (exact) mass is 426 g/mol. The van der Waals surface area contributed by atoms with Gasteiger partial charge in [-0.25, -0.2) is 14.6 Å². The number of rotatable bonds is 3. The van der Waals surface area contributed by atoms with E-state index in [1.807, 2.05) is 47.3 Å². The van der Waals surface area contributed by atoms with Crippen LogP contribution in [-0.2, 0) is 24.5 Å². The summed E-state index contributed by atoms with van der Waals surface area (Å²) in [6, 6.07) is 9.49. The summed E-state index contributed by atoms with van der Waals surface area (Å²) < 4.78 is 13.4. The third-order valence-electron chi connectivity index (χ3n) is 5.33. The van der Waals surface area contributed by atoms with Gasteiger partial charge in [0.25, 0.3) is 5.16 Å². The first kappa shape index (κ1) is 19.1. The van der Waals surface area contributed by atoms with Crippen molar-refractivity contribution in [2.75, 3.05) is 33.2 Å². The molecule has 3 aliphatic heterocycles. The fraction of sp³-hybridized carbons (Fsp3) is 0.286. The van der Waals surface area contributed by atoms with Crippen LogP contribution in [0.2, 0.25) is 0 Å². The Morgan fingerprint density at radius 1 is 1.00 bits per heavy atom. The maximum atomic E-state index is 12.3. The Balaban J connectivity index is 1.53. The molecule has 0 N–H and O–H groups in total. The highest BCUT2D eigenvalue weighted by Crippen LogP contribution is 2.70. The Morgan fingerprint density at radius 3 is 2.33 bits per heavy atom. The van der Waals surface area contributed by atoms with Crippen LogP contribution in [-0.4, -0.2) is 64.5 Å². The first-order chi connectivity index (χ1) is 14.5. The van der Waals surface area contributed by atoms with Crippen molar-refractivity contribution in [3.8, 4) is 0 Å². The Hall–Kier alpha value is -2.88. The number of benzene rings is 1. The molecule has 1 aromatic carbocycles. The van der Waals surface area contributed by atoms with E-state index in [0.717, 1.165) is 49.6 Å². The van der Waals surface area contributed by atoms with Crippen molar-refractivity contribution in [1.29, 1.82) is 0 Å². The van der Waals surface area contributed by atoms with Crippen LogP contribution in [0.15, 0.2) is 53.8 Å². The number of aromatic nitrogens is 2. The van der Waals surface area contributed by atoms with Gasteiger partial charge in [0.15, 0.2) is 0 Å². The summed E-state index contributed by atoms with van der Waals surface area (Å²) >= 11 is 0. The lowest BCUT2D eigenvalue weighted by Crippen LogP contribution is -2.43. The van der Waals surface area contributed by atoms with E-state index in [0.29, 0.717) is 16.6 Å². The predicted molar refractivity (Wildman–Crippen MR) is 113 cm³/mol. The quantitative estimate of drug-likeness (QED) is 0.745. The van der Waals surface area contributed by atoms with Gasteiger partial charge >= 0.3 is 11.9 Å². The van der Waals surface area contributed by atoms with Crippen LogP contribution in [0.25, 0.3) is 11.1 Å². The molecule has 30 heavy (non-hydrogen) atoms. The minimum absolute atomic E-state index is 0.455. The van der Waals surface area contributed by atoms with Gasteiger partial charge in [-0.3, -0.25) is 9.47 Å². The molecule has 1 aromatic heterocycles. The molecular weight excluding hydrogens is 404 g/mol. The zero-order valence-corrected chi connectivity index (χ0v) is 17.4. The number of nitrogens with zero attached hydrogens (tertiary/aromatic N) is 4. The third kappa shape index (κ3) is 3.34. The third-order valence-corrected chi connectivity index (χ3v) is 7.83. The highest BCUT2D eigenvalue weighted by molar-refractivity contribution is 8.34. The number of likely N-dealkylation sites (N-methyl/N-ethyl adjacent to an activating group) is 1. The summed E-state index contributed by atoms with van der Waals surface area (Å²) in [6.07, 6.45) is 5.98. The average Bonchev–Trinajstić information content (AvgIpc) is 3.21. The van der Waals surface area contributed by atoms with Crippen LogP contribution in [0.4, 0.5) is 0 Å².